The molecular weight excluding hydrogens is 346 g/mol. The third kappa shape index (κ3) is 2.95. The highest BCUT2D eigenvalue weighted by atomic mass is 16.5. The molecule has 0 saturated heterocycles. The molecule has 4 rings (SSSR count). The second kappa shape index (κ2) is 7.65. The first-order valence-corrected chi connectivity index (χ1v) is 9.27. The summed E-state index contributed by atoms with van der Waals surface area (Å²) >= 11 is 0. The molecule has 0 amide bonds. The van der Waals surface area contributed by atoms with Gasteiger partial charge in [-0.2, -0.15) is 0 Å². The summed E-state index contributed by atoms with van der Waals surface area (Å²) < 4.78 is 10.8. The van der Waals surface area contributed by atoms with Gasteiger partial charge in [0.05, 0.1) is 19.6 Å². The van der Waals surface area contributed by atoms with Crippen LogP contribution < -0.4 is 9.47 Å². The van der Waals surface area contributed by atoms with Crippen LogP contribution in [-0.4, -0.2) is 19.2 Å². The molecule has 140 valence electrons. The van der Waals surface area contributed by atoms with E-state index in [1.165, 1.54) is 5.56 Å². The molecular formula is C25H23NO2. The maximum Gasteiger partial charge on any atom is 0.118 e. The van der Waals surface area contributed by atoms with Crippen LogP contribution in [0.1, 0.15) is 22.4 Å². The van der Waals surface area contributed by atoms with Crippen LogP contribution >= 0.6 is 0 Å². The summed E-state index contributed by atoms with van der Waals surface area (Å²) in [5, 5.41) is 0. The predicted octanol–water partition coefficient (Wildman–Crippen LogP) is 5.41. The zero-order valence-corrected chi connectivity index (χ0v) is 16.1. The standard InChI is InChI=1S/C25H23NO2/c1-27-22-14-10-20(11-15-22)25(24-9-6-18-26-24,19-7-4-3-5-8-19)21-12-16-23(28-2)17-13-21/h3-18,26H,1-2H3. The van der Waals surface area contributed by atoms with Crippen molar-refractivity contribution in [3.8, 4) is 11.5 Å². The molecule has 3 aromatic carbocycles. The zero-order valence-electron chi connectivity index (χ0n) is 16.1. The molecule has 0 aliphatic heterocycles. The number of rotatable bonds is 6. The molecule has 0 radical (unpaired) electrons. The highest BCUT2D eigenvalue weighted by Crippen LogP contribution is 2.45. The van der Waals surface area contributed by atoms with Crippen molar-refractivity contribution in [1.82, 2.24) is 4.98 Å². The van der Waals surface area contributed by atoms with E-state index in [2.05, 4.69) is 59.6 Å². The molecule has 4 aromatic rings. The molecule has 0 spiro atoms. The van der Waals surface area contributed by atoms with Crippen LogP contribution in [-0.2, 0) is 5.41 Å². The summed E-state index contributed by atoms with van der Waals surface area (Å²) in [6.07, 6.45) is 1.97. The molecule has 1 heterocycles. The number of ether oxygens (including phenoxy) is 2. The summed E-state index contributed by atoms with van der Waals surface area (Å²) in [5.41, 5.74) is 4.13. The lowest BCUT2D eigenvalue weighted by Crippen LogP contribution is -2.31. The van der Waals surface area contributed by atoms with Gasteiger partial charge in [0, 0.05) is 11.9 Å². The predicted molar refractivity (Wildman–Crippen MR) is 112 cm³/mol. The van der Waals surface area contributed by atoms with Gasteiger partial charge in [-0.3, -0.25) is 0 Å². The second-order valence-electron chi connectivity index (χ2n) is 6.66. The van der Waals surface area contributed by atoms with Gasteiger partial charge in [0.15, 0.2) is 0 Å². The average molecular weight is 369 g/mol. The van der Waals surface area contributed by atoms with E-state index in [-0.39, 0.29) is 0 Å². The van der Waals surface area contributed by atoms with E-state index >= 15 is 0 Å². The van der Waals surface area contributed by atoms with Crippen molar-refractivity contribution in [2.24, 2.45) is 0 Å². The van der Waals surface area contributed by atoms with E-state index in [1.807, 2.05) is 42.6 Å². The smallest absolute Gasteiger partial charge is 0.118 e. The minimum atomic E-state index is -0.483. The molecule has 1 N–H and O–H groups in total. The Bertz CT molecular complexity index is 957. The first-order chi connectivity index (χ1) is 13.8. The number of aromatic nitrogens is 1. The van der Waals surface area contributed by atoms with Crippen molar-refractivity contribution < 1.29 is 9.47 Å². The minimum absolute atomic E-state index is 0.483. The van der Waals surface area contributed by atoms with E-state index in [0.29, 0.717) is 0 Å². The fourth-order valence-corrected chi connectivity index (χ4v) is 3.90. The zero-order chi connectivity index (χ0) is 19.4. The molecule has 0 unspecified atom stereocenters. The summed E-state index contributed by atoms with van der Waals surface area (Å²) in [7, 11) is 3.38. The number of methoxy groups -OCH3 is 2. The van der Waals surface area contributed by atoms with Crippen molar-refractivity contribution in [1.29, 1.82) is 0 Å². The van der Waals surface area contributed by atoms with Gasteiger partial charge in [-0.15, -0.1) is 0 Å². The highest BCUT2D eigenvalue weighted by molar-refractivity contribution is 5.59. The first-order valence-electron chi connectivity index (χ1n) is 9.27. The van der Waals surface area contributed by atoms with Crippen molar-refractivity contribution >= 4 is 0 Å². The quantitative estimate of drug-likeness (QED) is 0.461. The Morgan fingerprint density at radius 1 is 0.571 bits per heavy atom. The lowest BCUT2D eigenvalue weighted by atomic mass is 9.67. The molecule has 1 aromatic heterocycles. The topological polar surface area (TPSA) is 34.2 Å². The fourth-order valence-electron chi connectivity index (χ4n) is 3.90. The maximum atomic E-state index is 5.39. The first kappa shape index (κ1) is 17.9. The van der Waals surface area contributed by atoms with Crippen molar-refractivity contribution in [2.45, 2.75) is 5.41 Å². The van der Waals surface area contributed by atoms with Crippen molar-refractivity contribution in [3.63, 3.8) is 0 Å². The van der Waals surface area contributed by atoms with Gasteiger partial charge >= 0.3 is 0 Å². The highest BCUT2D eigenvalue weighted by Gasteiger charge is 2.39. The number of hydrogen-bond donors (Lipinski definition) is 1. The van der Waals surface area contributed by atoms with Gasteiger partial charge in [-0.05, 0) is 53.1 Å². The molecule has 0 bridgehead atoms. The molecule has 3 heteroatoms. The van der Waals surface area contributed by atoms with Crippen LogP contribution in [0.5, 0.6) is 11.5 Å². The summed E-state index contributed by atoms with van der Waals surface area (Å²) in [6.45, 7) is 0. The van der Waals surface area contributed by atoms with E-state index in [4.69, 9.17) is 9.47 Å². The van der Waals surface area contributed by atoms with Gasteiger partial charge in [0.1, 0.15) is 11.5 Å². The van der Waals surface area contributed by atoms with Crippen LogP contribution in [0.3, 0.4) is 0 Å². The van der Waals surface area contributed by atoms with Crippen molar-refractivity contribution in [3.05, 3.63) is 120 Å². The molecule has 0 aliphatic carbocycles. The normalized spacial score (nSPS) is 11.2. The van der Waals surface area contributed by atoms with Gasteiger partial charge in [0.2, 0.25) is 0 Å². The molecule has 3 nitrogen and oxygen atoms in total. The summed E-state index contributed by atoms with van der Waals surface area (Å²) in [6, 6.07) is 31.3. The van der Waals surface area contributed by atoms with Crippen molar-refractivity contribution in [2.75, 3.05) is 14.2 Å². The van der Waals surface area contributed by atoms with Crippen LogP contribution in [0, 0.1) is 0 Å². The van der Waals surface area contributed by atoms with Crippen LogP contribution in [0.4, 0.5) is 0 Å². The summed E-state index contributed by atoms with van der Waals surface area (Å²) in [5.74, 6) is 1.68. The Hall–Kier alpha value is -3.46. The summed E-state index contributed by atoms with van der Waals surface area (Å²) in [4.78, 5) is 3.47. The van der Waals surface area contributed by atoms with Gasteiger partial charge in [-0.1, -0.05) is 54.6 Å². The van der Waals surface area contributed by atoms with E-state index in [1.54, 1.807) is 14.2 Å². The Labute approximate surface area is 165 Å². The number of nitrogens with one attached hydrogen (secondary N) is 1. The molecule has 0 aliphatic rings. The number of hydrogen-bond acceptors (Lipinski definition) is 2. The van der Waals surface area contributed by atoms with Gasteiger partial charge < -0.3 is 14.5 Å². The number of H-pyrrole nitrogens is 1. The van der Waals surface area contributed by atoms with E-state index in [0.717, 1.165) is 28.3 Å². The Morgan fingerprint density at radius 3 is 1.50 bits per heavy atom. The van der Waals surface area contributed by atoms with Crippen LogP contribution in [0.25, 0.3) is 0 Å². The second-order valence-corrected chi connectivity index (χ2v) is 6.66. The Kier molecular flexibility index (Phi) is 4.90. The largest absolute Gasteiger partial charge is 0.497 e. The third-order valence-corrected chi connectivity index (χ3v) is 5.25. The Morgan fingerprint density at radius 2 is 1.07 bits per heavy atom. The molecule has 0 fully saturated rings. The monoisotopic (exact) mass is 369 g/mol. The molecule has 0 saturated carbocycles. The van der Waals surface area contributed by atoms with Crippen LogP contribution in [0.2, 0.25) is 0 Å². The lowest BCUT2D eigenvalue weighted by Gasteiger charge is -2.35. The van der Waals surface area contributed by atoms with Gasteiger partial charge in [-0.25, -0.2) is 0 Å². The fraction of sp³-hybridized carbons (Fsp3) is 0.120. The minimum Gasteiger partial charge on any atom is -0.497 e. The van der Waals surface area contributed by atoms with E-state index < -0.39 is 5.41 Å². The van der Waals surface area contributed by atoms with Gasteiger partial charge in [0.25, 0.3) is 0 Å². The molecule has 28 heavy (non-hydrogen) atoms. The number of benzene rings is 3. The van der Waals surface area contributed by atoms with E-state index in [9.17, 15) is 0 Å². The maximum absolute atomic E-state index is 5.39. The lowest BCUT2D eigenvalue weighted by molar-refractivity contribution is 0.414. The third-order valence-electron chi connectivity index (χ3n) is 5.25. The Balaban J connectivity index is 2.04. The van der Waals surface area contributed by atoms with Crippen LogP contribution in [0.15, 0.2) is 97.2 Å². The number of aromatic amines is 1. The average Bonchev–Trinajstić information content (AvgIpc) is 3.31. The SMILES string of the molecule is COc1ccc(C(c2ccccc2)(c2ccc(OC)cc2)c2ccc[nH]2)cc1. The molecule has 0 atom stereocenters.